The van der Waals surface area contributed by atoms with Crippen LogP contribution in [0.15, 0.2) is 81.4 Å². The number of nitrogens with one attached hydrogen (secondary N) is 1. The molecule has 0 spiro atoms. The lowest BCUT2D eigenvalue weighted by molar-refractivity contribution is -0.114. The van der Waals surface area contributed by atoms with Gasteiger partial charge in [0.2, 0.25) is 5.91 Å². The van der Waals surface area contributed by atoms with E-state index in [4.69, 9.17) is 16.0 Å². The normalized spacial score (nSPS) is 10.8. The Morgan fingerprint density at radius 1 is 1.14 bits per heavy atom. The SMILES string of the molecule is CC(=O)Nc1cccc(Sc2nnc(-c3ccc(Cl)cc3)n2Cc2ccco2)c1. The fraction of sp³-hybridized carbons (Fsp3) is 0.0952. The van der Waals surface area contributed by atoms with Crippen molar-refractivity contribution in [3.63, 3.8) is 0 Å². The third-order valence-corrected chi connectivity index (χ3v) is 5.30. The summed E-state index contributed by atoms with van der Waals surface area (Å²) in [5.74, 6) is 1.41. The Morgan fingerprint density at radius 2 is 1.97 bits per heavy atom. The third kappa shape index (κ3) is 4.70. The Balaban J connectivity index is 1.69. The van der Waals surface area contributed by atoms with E-state index in [1.54, 1.807) is 6.26 Å². The van der Waals surface area contributed by atoms with Crippen molar-refractivity contribution in [3.8, 4) is 11.4 Å². The van der Waals surface area contributed by atoms with Crippen LogP contribution in [0.5, 0.6) is 0 Å². The molecular formula is C21H17ClN4O2S. The molecule has 6 nitrogen and oxygen atoms in total. The van der Waals surface area contributed by atoms with Gasteiger partial charge in [-0.2, -0.15) is 0 Å². The summed E-state index contributed by atoms with van der Waals surface area (Å²) in [5.41, 5.74) is 1.64. The molecule has 146 valence electrons. The number of hydrogen-bond donors (Lipinski definition) is 1. The number of amides is 1. The number of rotatable bonds is 6. The van der Waals surface area contributed by atoms with Gasteiger partial charge in [0, 0.05) is 28.1 Å². The van der Waals surface area contributed by atoms with Gasteiger partial charge in [-0.1, -0.05) is 17.7 Å². The maximum absolute atomic E-state index is 11.3. The molecule has 0 atom stereocenters. The molecular weight excluding hydrogens is 408 g/mol. The largest absolute Gasteiger partial charge is 0.467 e. The second-order valence-electron chi connectivity index (χ2n) is 6.29. The number of carbonyl (C=O) groups is 1. The first-order valence-corrected chi connectivity index (χ1v) is 10.0. The molecule has 1 amide bonds. The van der Waals surface area contributed by atoms with Crippen LogP contribution in [0.3, 0.4) is 0 Å². The molecule has 0 aliphatic rings. The minimum absolute atomic E-state index is 0.113. The molecule has 8 heteroatoms. The van der Waals surface area contributed by atoms with Crippen LogP contribution in [-0.4, -0.2) is 20.7 Å². The predicted octanol–water partition coefficient (Wildman–Crippen LogP) is 5.35. The molecule has 2 heterocycles. The summed E-state index contributed by atoms with van der Waals surface area (Å²) in [6.07, 6.45) is 1.64. The zero-order valence-corrected chi connectivity index (χ0v) is 17.1. The molecule has 1 N–H and O–H groups in total. The zero-order chi connectivity index (χ0) is 20.2. The maximum atomic E-state index is 11.3. The van der Waals surface area contributed by atoms with Gasteiger partial charge in [0.05, 0.1) is 12.8 Å². The highest BCUT2D eigenvalue weighted by atomic mass is 35.5. The topological polar surface area (TPSA) is 73.0 Å². The zero-order valence-electron chi connectivity index (χ0n) is 15.5. The number of nitrogens with zero attached hydrogens (tertiary/aromatic N) is 3. The minimum Gasteiger partial charge on any atom is -0.467 e. The van der Waals surface area contributed by atoms with E-state index >= 15 is 0 Å². The van der Waals surface area contributed by atoms with Gasteiger partial charge in [-0.3, -0.25) is 9.36 Å². The van der Waals surface area contributed by atoms with Gasteiger partial charge < -0.3 is 9.73 Å². The number of benzene rings is 2. The molecule has 2 aromatic heterocycles. The lowest BCUT2D eigenvalue weighted by Gasteiger charge is -2.10. The van der Waals surface area contributed by atoms with E-state index in [-0.39, 0.29) is 5.91 Å². The second kappa shape index (κ2) is 8.55. The first-order chi connectivity index (χ1) is 14.1. The van der Waals surface area contributed by atoms with Crippen molar-refractivity contribution in [2.45, 2.75) is 23.5 Å². The highest BCUT2D eigenvalue weighted by molar-refractivity contribution is 7.99. The van der Waals surface area contributed by atoms with Gasteiger partial charge in [0.25, 0.3) is 0 Å². The Labute approximate surface area is 176 Å². The van der Waals surface area contributed by atoms with E-state index < -0.39 is 0 Å². The first-order valence-electron chi connectivity index (χ1n) is 8.85. The summed E-state index contributed by atoms with van der Waals surface area (Å²) in [7, 11) is 0. The van der Waals surface area contributed by atoms with Crippen molar-refractivity contribution in [3.05, 3.63) is 77.7 Å². The van der Waals surface area contributed by atoms with Gasteiger partial charge in [-0.15, -0.1) is 10.2 Å². The van der Waals surface area contributed by atoms with E-state index in [1.807, 2.05) is 65.2 Å². The predicted molar refractivity (Wildman–Crippen MR) is 113 cm³/mol. The van der Waals surface area contributed by atoms with Gasteiger partial charge in [-0.05, 0) is 66.4 Å². The Hall–Kier alpha value is -3.03. The fourth-order valence-electron chi connectivity index (χ4n) is 2.82. The van der Waals surface area contributed by atoms with Crippen molar-refractivity contribution in [2.24, 2.45) is 0 Å². The van der Waals surface area contributed by atoms with Crippen LogP contribution >= 0.6 is 23.4 Å². The first kappa shape index (κ1) is 19.3. The van der Waals surface area contributed by atoms with Crippen LogP contribution in [0.1, 0.15) is 12.7 Å². The van der Waals surface area contributed by atoms with Crippen LogP contribution in [0.4, 0.5) is 5.69 Å². The van der Waals surface area contributed by atoms with E-state index in [0.717, 1.165) is 27.7 Å². The molecule has 0 radical (unpaired) electrons. The molecule has 0 saturated heterocycles. The number of halogens is 1. The van der Waals surface area contributed by atoms with Crippen molar-refractivity contribution in [1.82, 2.24) is 14.8 Å². The van der Waals surface area contributed by atoms with Crippen LogP contribution in [0.25, 0.3) is 11.4 Å². The van der Waals surface area contributed by atoms with Crippen molar-refractivity contribution < 1.29 is 9.21 Å². The van der Waals surface area contributed by atoms with E-state index in [2.05, 4.69) is 15.5 Å². The van der Waals surface area contributed by atoms with Crippen molar-refractivity contribution >= 4 is 35.0 Å². The fourth-order valence-corrected chi connectivity index (χ4v) is 3.84. The Morgan fingerprint density at radius 3 is 2.69 bits per heavy atom. The molecule has 0 aliphatic heterocycles. The number of hydrogen-bond acceptors (Lipinski definition) is 5. The number of anilines is 1. The van der Waals surface area contributed by atoms with E-state index in [1.165, 1.54) is 18.7 Å². The van der Waals surface area contributed by atoms with Crippen molar-refractivity contribution in [2.75, 3.05) is 5.32 Å². The third-order valence-electron chi connectivity index (χ3n) is 4.08. The molecule has 4 rings (SSSR count). The highest BCUT2D eigenvalue weighted by Crippen LogP contribution is 2.32. The second-order valence-corrected chi connectivity index (χ2v) is 7.77. The lowest BCUT2D eigenvalue weighted by atomic mass is 10.2. The van der Waals surface area contributed by atoms with Gasteiger partial charge >= 0.3 is 0 Å². The summed E-state index contributed by atoms with van der Waals surface area (Å²) < 4.78 is 7.53. The molecule has 0 unspecified atom stereocenters. The average Bonchev–Trinajstić information content (AvgIpc) is 3.34. The van der Waals surface area contributed by atoms with Crippen molar-refractivity contribution in [1.29, 1.82) is 0 Å². The average molecular weight is 425 g/mol. The van der Waals surface area contributed by atoms with Crippen LogP contribution < -0.4 is 5.32 Å². The molecule has 0 fully saturated rings. The molecule has 2 aromatic carbocycles. The highest BCUT2D eigenvalue weighted by Gasteiger charge is 2.17. The Kier molecular flexibility index (Phi) is 5.69. The van der Waals surface area contributed by atoms with Crippen LogP contribution in [-0.2, 0) is 11.3 Å². The molecule has 0 bridgehead atoms. The van der Waals surface area contributed by atoms with Crippen LogP contribution in [0.2, 0.25) is 5.02 Å². The van der Waals surface area contributed by atoms with E-state index in [9.17, 15) is 4.79 Å². The summed E-state index contributed by atoms with van der Waals surface area (Å²) in [5, 5.41) is 13.0. The van der Waals surface area contributed by atoms with Gasteiger partial charge in [0.1, 0.15) is 5.76 Å². The molecule has 0 saturated carbocycles. The standard InChI is InChI=1S/C21H17ClN4O2S/c1-14(27)23-17-4-2-6-19(12-17)29-21-25-24-20(15-7-9-16(22)10-8-15)26(21)13-18-5-3-11-28-18/h2-12H,13H2,1H3,(H,23,27). The molecule has 4 aromatic rings. The monoisotopic (exact) mass is 424 g/mol. The lowest BCUT2D eigenvalue weighted by Crippen LogP contribution is -2.05. The van der Waals surface area contributed by atoms with Crippen LogP contribution in [0, 0.1) is 0 Å². The summed E-state index contributed by atoms with van der Waals surface area (Å²) in [6, 6.07) is 18.8. The number of furan rings is 1. The van der Waals surface area contributed by atoms with Gasteiger partial charge in [-0.25, -0.2) is 0 Å². The Bertz CT molecular complexity index is 1120. The maximum Gasteiger partial charge on any atom is 0.221 e. The summed E-state index contributed by atoms with van der Waals surface area (Å²) in [6.45, 7) is 1.98. The smallest absolute Gasteiger partial charge is 0.221 e. The summed E-state index contributed by atoms with van der Waals surface area (Å²) >= 11 is 7.49. The quantitative estimate of drug-likeness (QED) is 0.451. The molecule has 29 heavy (non-hydrogen) atoms. The number of carbonyl (C=O) groups excluding carboxylic acids is 1. The summed E-state index contributed by atoms with van der Waals surface area (Å²) in [4.78, 5) is 12.3. The van der Waals surface area contributed by atoms with E-state index in [0.29, 0.717) is 16.7 Å². The minimum atomic E-state index is -0.113. The molecule has 0 aliphatic carbocycles. The van der Waals surface area contributed by atoms with Gasteiger partial charge in [0.15, 0.2) is 11.0 Å². The number of aromatic nitrogens is 3.